The maximum absolute atomic E-state index is 14.2. The van der Waals surface area contributed by atoms with Crippen molar-refractivity contribution in [2.45, 2.75) is 211 Å². The molecule has 10 nitrogen and oxygen atoms in total. The summed E-state index contributed by atoms with van der Waals surface area (Å²) in [5.41, 5.74) is 1.59. The maximum Gasteiger partial charge on any atom is 0.311 e. The Morgan fingerprint density at radius 1 is 0.841 bits per heavy atom. The van der Waals surface area contributed by atoms with Gasteiger partial charge in [-0.1, -0.05) is 79.8 Å². The zero-order chi connectivity index (χ0) is 47.3. The topological polar surface area (TPSA) is 116 Å². The van der Waals surface area contributed by atoms with Crippen molar-refractivity contribution in [3.05, 3.63) is 54.6 Å². The summed E-state index contributed by atoms with van der Waals surface area (Å²) in [6.45, 7) is 40.0. The second-order valence-electron chi connectivity index (χ2n) is 22.9. The van der Waals surface area contributed by atoms with Crippen molar-refractivity contribution in [2.24, 2.45) is 17.3 Å². The Morgan fingerprint density at radius 2 is 1.46 bits per heavy atom. The fourth-order valence-electron chi connectivity index (χ4n) is 8.45. The maximum atomic E-state index is 14.2. The molecule has 0 bridgehead atoms. The van der Waals surface area contributed by atoms with Gasteiger partial charge in [-0.05, 0) is 125 Å². The van der Waals surface area contributed by atoms with Crippen molar-refractivity contribution in [1.82, 2.24) is 0 Å². The number of rotatable bonds is 20. The molecule has 0 saturated carbocycles. The van der Waals surface area contributed by atoms with Crippen LogP contribution in [0.4, 0.5) is 0 Å². The van der Waals surface area contributed by atoms with Crippen LogP contribution in [-0.2, 0) is 47.2 Å². The van der Waals surface area contributed by atoms with E-state index in [1.807, 2.05) is 26.8 Å². The van der Waals surface area contributed by atoms with Crippen LogP contribution in [0.5, 0.6) is 0 Å². The number of benzene rings is 1. The third-order valence-corrected chi connectivity index (χ3v) is 25.5. The highest BCUT2D eigenvalue weighted by Gasteiger charge is 2.50. The molecule has 0 spiro atoms. The monoisotopic (exact) mass is 935 g/mol. The van der Waals surface area contributed by atoms with E-state index in [2.05, 4.69) is 87.8 Å². The second-order valence-corrected chi connectivity index (χ2v) is 34.5. The van der Waals surface area contributed by atoms with Gasteiger partial charge >= 0.3 is 5.97 Å². The van der Waals surface area contributed by atoms with Crippen LogP contribution in [0.1, 0.15) is 121 Å². The number of ether oxygens (including phenoxy) is 5. The number of hydrogen-bond donors (Lipinski definition) is 0. The van der Waals surface area contributed by atoms with Crippen molar-refractivity contribution in [1.29, 1.82) is 0 Å². The molecule has 10 atom stereocenters. The van der Waals surface area contributed by atoms with Crippen LogP contribution in [0, 0.1) is 17.3 Å². The number of methoxy groups -OCH3 is 1. The average molecular weight is 935 g/mol. The normalized spacial score (nSPS) is 28.4. The minimum Gasteiger partial charge on any atom is -0.465 e. The summed E-state index contributed by atoms with van der Waals surface area (Å²) in [7, 11) is -6.41. The largest absolute Gasteiger partial charge is 0.465 e. The molecule has 13 heteroatoms. The molecule has 3 fully saturated rings. The molecular weight excluding hydrogens is 849 g/mol. The van der Waals surface area contributed by atoms with Crippen LogP contribution in [0.3, 0.4) is 0 Å². The summed E-state index contributed by atoms with van der Waals surface area (Å²) in [5, 5.41) is 0.00122. The van der Waals surface area contributed by atoms with Crippen LogP contribution >= 0.6 is 0 Å². The summed E-state index contributed by atoms with van der Waals surface area (Å²) < 4.78 is 74.5. The Morgan fingerprint density at radius 3 is 2.05 bits per heavy atom. The summed E-state index contributed by atoms with van der Waals surface area (Å²) in [6, 6.07) is 8.68. The van der Waals surface area contributed by atoms with Crippen molar-refractivity contribution in [3.8, 4) is 0 Å². The van der Waals surface area contributed by atoms with Crippen molar-refractivity contribution >= 4 is 32.4 Å². The molecule has 0 aromatic heterocycles. The molecule has 0 aliphatic carbocycles. The predicted octanol–water partition coefficient (Wildman–Crippen LogP) is 11.3. The van der Waals surface area contributed by atoms with Gasteiger partial charge in [0.25, 0.3) is 0 Å². The van der Waals surface area contributed by atoms with Gasteiger partial charge in [0.05, 0.1) is 78.1 Å². The third-order valence-electron chi connectivity index (χ3n) is 14.6. The van der Waals surface area contributed by atoms with E-state index in [9.17, 15) is 13.2 Å². The highest BCUT2D eigenvalue weighted by molar-refractivity contribution is 7.91. The minimum absolute atomic E-state index is 0.0249. The fourth-order valence-corrected chi connectivity index (χ4v) is 12.5. The fraction of sp³-hybridized carbons (Fsp3) is 0.780. The first-order valence-corrected chi connectivity index (χ1v) is 31.0. The van der Waals surface area contributed by atoms with Crippen molar-refractivity contribution < 1.29 is 45.7 Å². The number of carbonyl (C=O) groups is 1. The molecule has 3 aliphatic heterocycles. The highest BCUT2D eigenvalue weighted by Crippen LogP contribution is 2.44. The molecule has 3 aliphatic rings. The van der Waals surface area contributed by atoms with Crippen molar-refractivity contribution in [2.75, 3.05) is 26.1 Å². The molecule has 1 aromatic rings. The Kier molecular flexibility index (Phi) is 18.4. The van der Waals surface area contributed by atoms with Gasteiger partial charge < -0.3 is 32.5 Å². The van der Waals surface area contributed by atoms with Crippen LogP contribution in [-0.4, -0.2) is 106 Å². The van der Waals surface area contributed by atoms with E-state index >= 15 is 0 Å². The third kappa shape index (κ3) is 14.7. The van der Waals surface area contributed by atoms with Gasteiger partial charge in [0.15, 0.2) is 26.5 Å². The molecule has 0 amide bonds. The van der Waals surface area contributed by atoms with Crippen LogP contribution < -0.4 is 0 Å². The quantitative estimate of drug-likeness (QED) is 0.0541. The van der Waals surface area contributed by atoms with Crippen LogP contribution in [0.15, 0.2) is 59.5 Å². The van der Waals surface area contributed by atoms with E-state index in [0.717, 1.165) is 49.7 Å². The van der Waals surface area contributed by atoms with E-state index in [0.29, 0.717) is 26.1 Å². The highest BCUT2D eigenvalue weighted by atomic mass is 32.2. The van der Waals surface area contributed by atoms with E-state index < -0.39 is 56.1 Å². The van der Waals surface area contributed by atoms with Gasteiger partial charge in [-0.25, -0.2) is 8.42 Å². The molecule has 3 saturated heterocycles. The predicted molar refractivity (Wildman–Crippen MR) is 259 cm³/mol. The van der Waals surface area contributed by atoms with Crippen molar-refractivity contribution in [3.63, 3.8) is 0 Å². The van der Waals surface area contributed by atoms with E-state index in [-0.39, 0.29) is 63.1 Å². The Labute approximate surface area is 385 Å². The zero-order valence-corrected chi connectivity index (χ0v) is 44.7. The Bertz CT molecular complexity index is 1780. The van der Waals surface area contributed by atoms with Gasteiger partial charge in [-0.2, -0.15) is 0 Å². The molecule has 3 unspecified atom stereocenters. The molecule has 0 N–H and O–H groups in total. The first kappa shape index (κ1) is 53.9. The molecule has 360 valence electrons. The van der Waals surface area contributed by atoms with E-state index in [1.54, 1.807) is 31.4 Å². The van der Waals surface area contributed by atoms with Crippen LogP contribution in [0.2, 0.25) is 36.3 Å². The standard InChI is InChI=1S/C50H86O10SSi2/c1-34-28-38(25-26-42-35(2)29-37(57-42)22-21-27-55-47(51)48(4,5)6)58-43(36(34)3)31-44-41(33-61(52,53)40-23-19-18-20-24-40)46(54-13)45(59-44)30-39(60-63(16,17)50(10,11)12)32-56-62(14,15)49(7,8)9/h18-20,23-24,34,37-39,41-46H,2-3,21-22,25-33H2,1,4-17H3/t34-,37?,38+,39+,41+,42+,43?,44?,45-,46-/m1/s1. The molecule has 4 rings (SSSR count). The molecular formula is C50H86O10SSi2. The smallest absolute Gasteiger partial charge is 0.311 e. The number of hydrogen-bond acceptors (Lipinski definition) is 10. The zero-order valence-electron chi connectivity index (χ0n) is 41.8. The summed E-state index contributed by atoms with van der Waals surface area (Å²) >= 11 is 0. The van der Waals surface area contributed by atoms with Crippen LogP contribution in [0.25, 0.3) is 0 Å². The SMILES string of the molecule is C=C1C(CC2O[C@H](C[C@@H](CO[Si](C)(C)C(C)(C)C)O[Si](C)(C)C(C)(C)C)[C@H](OC)[C@H]2CS(=O)(=O)c2ccccc2)O[C@@H](CC[C@@H]2OC(CCCOC(=O)C(C)(C)C)CC2=C)C[C@H]1C. The Balaban J connectivity index is 1.52. The van der Waals surface area contributed by atoms with Gasteiger partial charge in [0.1, 0.15) is 0 Å². The van der Waals surface area contributed by atoms with Gasteiger partial charge in [-0.3, -0.25) is 4.79 Å². The minimum atomic E-state index is -3.70. The van der Waals surface area contributed by atoms with Gasteiger partial charge in [-0.15, -0.1) is 0 Å². The molecule has 0 radical (unpaired) electrons. The number of sulfone groups is 1. The molecule has 63 heavy (non-hydrogen) atoms. The second kappa shape index (κ2) is 21.5. The Hall–Kier alpha value is -1.69. The summed E-state index contributed by atoms with van der Waals surface area (Å²) in [5.74, 6) is -0.559. The van der Waals surface area contributed by atoms with Gasteiger partial charge in [0.2, 0.25) is 0 Å². The lowest BCUT2D eigenvalue weighted by Gasteiger charge is -2.42. The van der Waals surface area contributed by atoms with E-state index in [4.69, 9.17) is 32.5 Å². The summed E-state index contributed by atoms with van der Waals surface area (Å²) in [4.78, 5) is 12.5. The first-order valence-electron chi connectivity index (χ1n) is 23.6. The lowest BCUT2D eigenvalue weighted by Crippen LogP contribution is -2.49. The number of carbonyl (C=O) groups excluding carboxylic acids is 1. The summed E-state index contributed by atoms with van der Waals surface area (Å²) in [6.07, 6.45) is 3.78. The average Bonchev–Trinajstić information content (AvgIpc) is 3.68. The van der Waals surface area contributed by atoms with E-state index in [1.165, 1.54) is 0 Å². The first-order chi connectivity index (χ1) is 29.0. The van der Waals surface area contributed by atoms with Gasteiger partial charge in [0, 0.05) is 25.9 Å². The lowest BCUT2D eigenvalue weighted by molar-refractivity contribution is -0.153. The lowest BCUT2D eigenvalue weighted by atomic mass is 9.83. The molecule has 1 aromatic carbocycles. The number of esters is 1. The molecule has 3 heterocycles.